The molecule has 9 heteroatoms. The molecule has 3 heterocycles. The average Bonchev–Trinajstić information content (AvgIpc) is 3.30. The van der Waals surface area contributed by atoms with Crippen molar-refractivity contribution in [2.75, 3.05) is 10.6 Å². The van der Waals surface area contributed by atoms with Crippen LogP contribution in [0.15, 0.2) is 29.8 Å². The summed E-state index contributed by atoms with van der Waals surface area (Å²) in [7, 11) is 0. The highest BCUT2D eigenvalue weighted by Gasteiger charge is 2.17. The summed E-state index contributed by atoms with van der Waals surface area (Å²) < 4.78 is 0. The van der Waals surface area contributed by atoms with Gasteiger partial charge in [-0.3, -0.25) is 14.9 Å². The number of nitrogens with one attached hydrogen (secondary N) is 2. The maximum Gasteiger partial charge on any atom is 0.329 e. The van der Waals surface area contributed by atoms with Crippen LogP contribution in [-0.2, 0) is 11.2 Å². The van der Waals surface area contributed by atoms with Crippen LogP contribution in [0, 0.1) is 6.57 Å². The summed E-state index contributed by atoms with van der Waals surface area (Å²) in [5.41, 5.74) is 3.62. The first kappa shape index (κ1) is 16.4. The fraction of sp³-hybridized carbons (Fsp3) is 0.118. The summed E-state index contributed by atoms with van der Waals surface area (Å²) in [4.78, 5) is 35.5. The predicted molar refractivity (Wildman–Crippen MR) is 101 cm³/mol. The van der Waals surface area contributed by atoms with Crippen LogP contribution in [-0.4, -0.2) is 21.8 Å². The summed E-state index contributed by atoms with van der Waals surface area (Å²) in [5, 5.41) is 8.17. The van der Waals surface area contributed by atoms with Crippen molar-refractivity contribution in [2.24, 2.45) is 0 Å². The largest absolute Gasteiger partial charge is 0.351 e. The van der Waals surface area contributed by atoms with Gasteiger partial charge in [0, 0.05) is 23.1 Å². The second-order valence-corrected chi connectivity index (χ2v) is 7.40. The first-order valence-electron chi connectivity index (χ1n) is 7.66. The molecule has 0 atom stereocenters. The Balaban J connectivity index is 1.52. The Morgan fingerprint density at radius 2 is 2.23 bits per heavy atom. The molecule has 0 saturated carbocycles. The summed E-state index contributed by atoms with van der Waals surface area (Å²) in [5.74, 6) is -0.292. The Labute approximate surface area is 156 Å². The van der Waals surface area contributed by atoms with Crippen molar-refractivity contribution in [1.82, 2.24) is 9.97 Å². The van der Waals surface area contributed by atoms with Gasteiger partial charge in [-0.1, -0.05) is 12.6 Å². The molecule has 0 radical (unpaired) electrons. The summed E-state index contributed by atoms with van der Waals surface area (Å²) in [6.07, 6.45) is 2.58. The zero-order valence-electron chi connectivity index (χ0n) is 13.3. The molecule has 4 rings (SSSR count). The maximum absolute atomic E-state index is 12.2. The number of rotatable bonds is 3. The van der Waals surface area contributed by atoms with Gasteiger partial charge in [-0.15, -0.1) is 27.7 Å². The van der Waals surface area contributed by atoms with Gasteiger partial charge in [0.1, 0.15) is 11.1 Å². The minimum absolute atomic E-state index is 0.0355. The molecule has 26 heavy (non-hydrogen) atoms. The number of aryl methyl sites for hydroxylation is 1. The van der Waals surface area contributed by atoms with Crippen LogP contribution in [0.3, 0.4) is 0 Å². The van der Waals surface area contributed by atoms with Crippen molar-refractivity contribution >= 4 is 50.4 Å². The molecule has 1 aliphatic rings. The molecule has 0 spiro atoms. The van der Waals surface area contributed by atoms with Gasteiger partial charge < -0.3 is 10.2 Å². The van der Waals surface area contributed by atoms with Crippen molar-refractivity contribution in [1.29, 1.82) is 0 Å². The Hall–Kier alpha value is -3.09. The van der Waals surface area contributed by atoms with Crippen LogP contribution in [0.1, 0.15) is 21.7 Å². The lowest BCUT2D eigenvalue weighted by molar-refractivity contribution is -0.116. The quantitative estimate of drug-likeness (QED) is 0.672. The SMILES string of the molecule is [C-]#[N+]c1ncc(C(=O)Nc2nc(-c3ccc4c(c3)CCC(=O)N4)cs2)s1. The van der Waals surface area contributed by atoms with Crippen LogP contribution < -0.4 is 10.6 Å². The van der Waals surface area contributed by atoms with E-state index in [9.17, 15) is 9.59 Å². The number of thiazole rings is 2. The van der Waals surface area contributed by atoms with Crippen LogP contribution >= 0.6 is 22.7 Å². The van der Waals surface area contributed by atoms with Gasteiger partial charge in [0.25, 0.3) is 5.91 Å². The third kappa shape index (κ3) is 3.20. The maximum atomic E-state index is 12.2. The van der Waals surface area contributed by atoms with Gasteiger partial charge in [0.2, 0.25) is 5.91 Å². The predicted octanol–water partition coefficient (Wildman–Crippen LogP) is 3.95. The van der Waals surface area contributed by atoms with Crippen LogP contribution in [0.5, 0.6) is 0 Å². The van der Waals surface area contributed by atoms with Crippen LogP contribution in [0.4, 0.5) is 16.0 Å². The van der Waals surface area contributed by atoms with Crippen molar-refractivity contribution in [2.45, 2.75) is 12.8 Å². The van der Waals surface area contributed by atoms with E-state index in [-0.39, 0.29) is 16.9 Å². The molecule has 128 valence electrons. The van der Waals surface area contributed by atoms with E-state index >= 15 is 0 Å². The van der Waals surface area contributed by atoms with E-state index in [1.54, 1.807) is 0 Å². The minimum atomic E-state index is -0.327. The standard InChI is InChI=1S/C17H11N5O2S2/c1-18-16-19-7-13(26-16)15(24)22-17-21-12(8-25-17)10-2-4-11-9(6-10)3-5-14(23)20-11/h2,4,6-8H,3,5H2,(H,20,23)(H,21,22,24). The van der Waals surface area contributed by atoms with Gasteiger partial charge >= 0.3 is 5.13 Å². The molecule has 2 aromatic heterocycles. The van der Waals surface area contributed by atoms with Gasteiger partial charge in [-0.25, -0.2) is 4.98 Å². The van der Waals surface area contributed by atoms with E-state index in [4.69, 9.17) is 6.57 Å². The minimum Gasteiger partial charge on any atom is -0.351 e. The highest BCUT2D eigenvalue weighted by molar-refractivity contribution is 7.18. The molecule has 0 fully saturated rings. The highest BCUT2D eigenvalue weighted by atomic mass is 32.1. The lowest BCUT2D eigenvalue weighted by Crippen LogP contribution is -2.18. The fourth-order valence-corrected chi connectivity index (χ4v) is 3.90. The fourth-order valence-electron chi connectivity index (χ4n) is 2.59. The number of nitrogens with zero attached hydrogens (tertiary/aromatic N) is 3. The molecule has 1 aromatic carbocycles. The number of aromatic nitrogens is 2. The molecule has 2 N–H and O–H groups in total. The van der Waals surface area contributed by atoms with Crippen molar-refractivity contribution in [3.05, 3.63) is 51.6 Å². The number of benzene rings is 1. The summed E-state index contributed by atoms with van der Waals surface area (Å²) in [6.45, 7) is 6.90. The molecule has 0 unspecified atom stereocenters. The number of anilines is 2. The van der Waals surface area contributed by atoms with Gasteiger partial charge in [0.15, 0.2) is 5.13 Å². The molecular formula is C17H11N5O2S2. The third-order valence-electron chi connectivity index (χ3n) is 3.83. The van der Waals surface area contributed by atoms with E-state index in [0.29, 0.717) is 22.9 Å². The first-order chi connectivity index (χ1) is 12.6. The number of carbonyl (C=O) groups is 2. The second-order valence-electron chi connectivity index (χ2n) is 5.53. The normalized spacial score (nSPS) is 12.8. The van der Waals surface area contributed by atoms with Crippen molar-refractivity contribution in [3.8, 4) is 11.3 Å². The lowest BCUT2D eigenvalue weighted by atomic mass is 9.99. The number of fused-ring (bicyclic) bond motifs is 1. The number of hydrogen-bond donors (Lipinski definition) is 2. The Kier molecular flexibility index (Phi) is 4.20. The van der Waals surface area contributed by atoms with Crippen molar-refractivity contribution < 1.29 is 9.59 Å². The smallest absolute Gasteiger partial charge is 0.329 e. The molecular weight excluding hydrogens is 370 g/mol. The molecule has 7 nitrogen and oxygen atoms in total. The van der Waals surface area contributed by atoms with E-state index in [1.165, 1.54) is 17.5 Å². The lowest BCUT2D eigenvalue weighted by Gasteiger charge is -2.17. The van der Waals surface area contributed by atoms with E-state index in [1.807, 2.05) is 23.6 Å². The van der Waals surface area contributed by atoms with Crippen LogP contribution in [0.25, 0.3) is 16.1 Å². The molecule has 3 aromatic rings. The van der Waals surface area contributed by atoms with Gasteiger partial charge in [-0.2, -0.15) is 0 Å². The molecule has 1 aliphatic heterocycles. The second kappa shape index (κ2) is 6.67. The topological polar surface area (TPSA) is 88.3 Å². The zero-order valence-corrected chi connectivity index (χ0v) is 14.9. The Morgan fingerprint density at radius 3 is 3.04 bits per heavy atom. The first-order valence-corrected chi connectivity index (χ1v) is 9.35. The van der Waals surface area contributed by atoms with E-state index < -0.39 is 0 Å². The highest BCUT2D eigenvalue weighted by Crippen LogP contribution is 2.31. The summed E-state index contributed by atoms with van der Waals surface area (Å²) in [6, 6.07) is 5.79. The van der Waals surface area contributed by atoms with Crippen LogP contribution in [0.2, 0.25) is 0 Å². The van der Waals surface area contributed by atoms with E-state index in [0.717, 1.165) is 33.8 Å². The zero-order chi connectivity index (χ0) is 18.1. The van der Waals surface area contributed by atoms with E-state index in [2.05, 4.69) is 25.4 Å². The summed E-state index contributed by atoms with van der Waals surface area (Å²) >= 11 is 2.37. The average molecular weight is 381 g/mol. The Bertz CT molecular complexity index is 1060. The molecule has 0 aliphatic carbocycles. The number of carbonyl (C=O) groups excluding carboxylic acids is 2. The monoisotopic (exact) mass is 381 g/mol. The third-order valence-corrected chi connectivity index (χ3v) is 5.48. The molecule has 2 amide bonds. The Morgan fingerprint density at radius 1 is 1.35 bits per heavy atom. The molecule has 0 bridgehead atoms. The number of hydrogen-bond acceptors (Lipinski definition) is 6. The van der Waals surface area contributed by atoms with Gasteiger partial charge in [0.05, 0.1) is 5.69 Å². The van der Waals surface area contributed by atoms with Gasteiger partial charge in [-0.05, 0) is 24.1 Å². The number of amides is 2. The van der Waals surface area contributed by atoms with Crippen molar-refractivity contribution in [3.63, 3.8) is 0 Å². The molecule has 0 saturated heterocycles.